The highest BCUT2D eigenvalue weighted by Crippen LogP contribution is 2.23. The zero-order chi connectivity index (χ0) is 14.7. The summed E-state index contributed by atoms with van der Waals surface area (Å²) in [5, 5.41) is 7.87. The molecule has 1 saturated heterocycles. The minimum absolute atomic E-state index is 0.414. The Kier molecular flexibility index (Phi) is 4.13. The van der Waals surface area contributed by atoms with Crippen molar-refractivity contribution in [2.45, 2.75) is 39.3 Å². The van der Waals surface area contributed by atoms with Crippen LogP contribution in [-0.4, -0.2) is 22.9 Å². The number of benzene rings is 1. The molecule has 0 amide bonds. The summed E-state index contributed by atoms with van der Waals surface area (Å²) in [5.74, 6) is 0. The van der Waals surface area contributed by atoms with Crippen LogP contribution in [0, 0.1) is 0 Å². The molecule has 1 aliphatic rings. The zero-order valence-electron chi connectivity index (χ0n) is 12.9. The summed E-state index contributed by atoms with van der Waals surface area (Å²) < 4.78 is 2.00. The fourth-order valence-corrected chi connectivity index (χ4v) is 2.74. The predicted octanol–water partition coefficient (Wildman–Crippen LogP) is 3.68. The first-order valence-corrected chi connectivity index (χ1v) is 7.84. The molecule has 1 aliphatic heterocycles. The summed E-state index contributed by atoms with van der Waals surface area (Å²) in [5.41, 5.74) is 3.72. The number of anilines is 2. The highest BCUT2D eigenvalue weighted by Gasteiger charge is 2.12. The van der Waals surface area contributed by atoms with Crippen LogP contribution in [0.4, 0.5) is 11.4 Å². The molecule has 4 nitrogen and oxygen atoms in total. The molecule has 1 fully saturated rings. The van der Waals surface area contributed by atoms with Gasteiger partial charge in [-0.15, -0.1) is 0 Å². The fraction of sp³-hybridized carbons (Fsp3) is 0.471. The van der Waals surface area contributed by atoms with Gasteiger partial charge in [0, 0.05) is 48.8 Å². The molecule has 0 radical (unpaired) electrons. The second-order valence-corrected chi connectivity index (χ2v) is 6.02. The van der Waals surface area contributed by atoms with E-state index < -0.39 is 0 Å². The second-order valence-electron chi connectivity index (χ2n) is 6.02. The molecule has 0 atom stereocenters. The van der Waals surface area contributed by atoms with Gasteiger partial charge in [-0.2, -0.15) is 5.10 Å². The predicted molar refractivity (Wildman–Crippen MR) is 87.8 cm³/mol. The van der Waals surface area contributed by atoms with Gasteiger partial charge in [-0.3, -0.25) is 4.68 Å². The summed E-state index contributed by atoms with van der Waals surface area (Å²) in [6.45, 7) is 7.47. The van der Waals surface area contributed by atoms with Crippen LogP contribution >= 0.6 is 0 Å². The van der Waals surface area contributed by atoms with E-state index in [-0.39, 0.29) is 0 Å². The third-order valence-corrected chi connectivity index (χ3v) is 4.00. The third kappa shape index (κ3) is 3.38. The average Bonchev–Trinajstić information content (AvgIpc) is 3.17. The Morgan fingerprint density at radius 3 is 2.76 bits per heavy atom. The van der Waals surface area contributed by atoms with Crippen LogP contribution in [0.2, 0.25) is 0 Å². The Bertz CT molecular complexity index is 582. The molecule has 2 aromatic rings. The Morgan fingerprint density at radius 1 is 1.24 bits per heavy atom. The van der Waals surface area contributed by atoms with Gasteiger partial charge in [-0.05, 0) is 44.9 Å². The molecule has 0 spiro atoms. The summed E-state index contributed by atoms with van der Waals surface area (Å²) >= 11 is 0. The standard InChI is InChI=1S/C17H24N4/c1-14(2)21-13-15(12-19-21)11-18-16-6-5-7-17(10-16)20-8-3-4-9-20/h5-7,10,12-14,18H,3-4,8-9,11H2,1-2H3. The van der Waals surface area contributed by atoms with Crippen molar-refractivity contribution < 1.29 is 0 Å². The van der Waals surface area contributed by atoms with E-state index in [1.807, 2.05) is 10.9 Å². The van der Waals surface area contributed by atoms with Gasteiger partial charge in [0.2, 0.25) is 0 Å². The number of hydrogen-bond acceptors (Lipinski definition) is 3. The van der Waals surface area contributed by atoms with Crippen molar-refractivity contribution in [3.05, 3.63) is 42.2 Å². The van der Waals surface area contributed by atoms with Crippen LogP contribution < -0.4 is 10.2 Å². The van der Waals surface area contributed by atoms with Crippen molar-refractivity contribution in [1.29, 1.82) is 0 Å². The molecule has 4 heteroatoms. The summed E-state index contributed by atoms with van der Waals surface area (Å²) in [4.78, 5) is 2.46. The first-order chi connectivity index (χ1) is 10.2. The molecule has 1 aromatic carbocycles. The van der Waals surface area contributed by atoms with E-state index >= 15 is 0 Å². The zero-order valence-corrected chi connectivity index (χ0v) is 12.9. The van der Waals surface area contributed by atoms with E-state index in [2.05, 4.69) is 59.6 Å². The number of nitrogens with zero attached hydrogens (tertiary/aromatic N) is 3. The van der Waals surface area contributed by atoms with E-state index in [9.17, 15) is 0 Å². The van der Waals surface area contributed by atoms with Crippen molar-refractivity contribution in [1.82, 2.24) is 9.78 Å². The molecule has 3 rings (SSSR count). The van der Waals surface area contributed by atoms with Crippen molar-refractivity contribution in [3.63, 3.8) is 0 Å². The van der Waals surface area contributed by atoms with Gasteiger partial charge in [0.1, 0.15) is 0 Å². The highest BCUT2D eigenvalue weighted by molar-refractivity contribution is 5.58. The van der Waals surface area contributed by atoms with E-state index in [0.29, 0.717) is 6.04 Å². The van der Waals surface area contributed by atoms with Gasteiger partial charge in [-0.25, -0.2) is 0 Å². The van der Waals surface area contributed by atoms with E-state index in [0.717, 1.165) is 6.54 Å². The van der Waals surface area contributed by atoms with Crippen molar-refractivity contribution in [3.8, 4) is 0 Å². The monoisotopic (exact) mass is 284 g/mol. The number of nitrogens with one attached hydrogen (secondary N) is 1. The van der Waals surface area contributed by atoms with Crippen molar-refractivity contribution in [2.75, 3.05) is 23.3 Å². The Labute approximate surface area is 126 Å². The number of hydrogen-bond donors (Lipinski definition) is 1. The Morgan fingerprint density at radius 2 is 2.05 bits per heavy atom. The molecule has 0 bridgehead atoms. The molecule has 1 N–H and O–H groups in total. The minimum atomic E-state index is 0.414. The van der Waals surface area contributed by atoms with Crippen molar-refractivity contribution in [2.24, 2.45) is 0 Å². The van der Waals surface area contributed by atoms with Gasteiger partial charge >= 0.3 is 0 Å². The molecular formula is C17H24N4. The van der Waals surface area contributed by atoms with Crippen LogP contribution in [0.25, 0.3) is 0 Å². The molecule has 112 valence electrons. The molecule has 21 heavy (non-hydrogen) atoms. The topological polar surface area (TPSA) is 33.1 Å². The van der Waals surface area contributed by atoms with Gasteiger partial charge < -0.3 is 10.2 Å². The second kappa shape index (κ2) is 6.20. The lowest BCUT2D eigenvalue weighted by Gasteiger charge is -2.18. The van der Waals surface area contributed by atoms with Gasteiger partial charge in [0.25, 0.3) is 0 Å². The fourth-order valence-electron chi connectivity index (χ4n) is 2.74. The molecule has 0 saturated carbocycles. The minimum Gasteiger partial charge on any atom is -0.381 e. The number of rotatable bonds is 5. The third-order valence-electron chi connectivity index (χ3n) is 4.00. The molecule has 0 aliphatic carbocycles. The van der Waals surface area contributed by atoms with E-state index in [1.165, 1.54) is 42.9 Å². The first-order valence-electron chi connectivity index (χ1n) is 7.84. The van der Waals surface area contributed by atoms with E-state index in [1.54, 1.807) is 0 Å². The summed E-state index contributed by atoms with van der Waals surface area (Å²) in [6, 6.07) is 9.13. The maximum Gasteiger partial charge on any atom is 0.0539 e. The largest absolute Gasteiger partial charge is 0.381 e. The maximum atomic E-state index is 4.38. The lowest BCUT2D eigenvalue weighted by molar-refractivity contribution is 0.532. The lowest BCUT2D eigenvalue weighted by Crippen LogP contribution is -2.17. The first kappa shape index (κ1) is 14.0. The Balaban J connectivity index is 1.63. The van der Waals surface area contributed by atoms with E-state index in [4.69, 9.17) is 0 Å². The highest BCUT2D eigenvalue weighted by atomic mass is 15.3. The van der Waals surface area contributed by atoms with Crippen LogP contribution in [0.1, 0.15) is 38.3 Å². The maximum absolute atomic E-state index is 4.38. The van der Waals surface area contributed by atoms with Gasteiger partial charge in [0.05, 0.1) is 6.20 Å². The normalized spacial score (nSPS) is 14.9. The van der Waals surface area contributed by atoms with Crippen molar-refractivity contribution >= 4 is 11.4 Å². The SMILES string of the molecule is CC(C)n1cc(CNc2cccc(N3CCCC3)c2)cn1. The molecule has 1 aromatic heterocycles. The summed E-state index contributed by atoms with van der Waals surface area (Å²) in [7, 11) is 0. The summed E-state index contributed by atoms with van der Waals surface area (Å²) in [6.07, 6.45) is 6.68. The van der Waals surface area contributed by atoms with Crippen LogP contribution in [0.15, 0.2) is 36.7 Å². The average molecular weight is 284 g/mol. The lowest BCUT2D eigenvalue weighted by atomic mass is 10.2. The van der Waals surface area contributed by atoms with Gasteiger partial charge in [-0.1, -0.05) is 6.07 Å². The molecule has 2 heterocycles. The van der Waals surface area contributed by atoms with Crippen LogP contribution in [0.5, 0.6) is 0 Å². The molecule has 0 unspecified atom stereocenters. The quantitative estimate of drug-likeness (QED) is 0.909. The smallest absolute Gasteiger partial charge is 0.0539 e. The van der Waals surface area contributed by atoms with Crippen LogP contribution in [0.3, 0.4) is 0 Å². The Hall–Kier alpha value is -1.97. The number of aromatic nitrogens is 2. The van der Waals surface area contributed by atoms with Crippen LogP contribution in [-0.2, 0) is 6.54 Å². The van der Waals surface area contributed by atoms with Gasteiger partial charge in [0.15, 0.2) is 0 Å². The molecular weight excluding hydrogens is 260 g/mol.